The van der Waals surface area contributed by atoms with E-state index in [0.29, 0.717) is 40.8 Å². The molecule has 0 unspecified atom stereocenters. The number of imide groups is 1. The Balaban J connectivity index is 1.58. The van der Waals surface area contributed by atoms with Crippen molar-refractivity contribution in [1.29, 1.82) is 0 Å². The number of carbonyl (C=O) groups is 2. The van der Waals surface area contributed by atoms with Crippen molar-refractivity contribution in [3.05, 3.63) is 75.8 Å². The molecular weight excluding hydrogens is 422 g/mol. The summed E-state index contributed by atoms with van der Waals surface area (Å²) in [4.78, 5) is 43.7. The summed E-state index contributed by atoms with van der Waals surface area (Å²) in [5.74, 6) is 0.0726. The van der Waals surface area contributed by atoms with Crippen molar-refractivity contribution in [2.24, 2.45) is 0 Å². The highest BCUT2D eigenvalue weighted by atomic mass is 79.9. The minimum Gasteiger partial charge on any atom is -0.295 e. The molecule has 0 spiro atoms. The molecule has 7 heteroatoms. The lowest BCUT2D eigenvalue weighted by Crippen LogP contribution is -2.33. The maximum Gasteiger partial charge on any atom is 0.261 e. The monoisotopic (exact) mass is 439 g/mol. The lowest BCUT2D eigenvalue weighted by atomic mass is 10.1. The summed E-state index contributed by atoms with van der Waals surface area (Å²) in [6.07, 6.45) is 0.470. The van der Waals surface area contributed by atoms with Crippen LogP contribution in [0.2, 0.25) is 0 Å². The largest absolute Gasteiger partial charge is 0.295 e. The molecule has 3 aromatic rings. The molecule has 0 saturated carbocycles. The Morgan fingerprint density at radius 2 is 1.54 bits per heavy atom. The summed E-state index contributed by atoms with van der Waals surface area (Å²) in [6.45, 7) is 2.54. The summed E-state index contributed by atoms with van der Waals surface area (Å²) in [5, 5.41) is 0.556. The zero-order valence-corrected chi connectivity index (χ0v) is 16.8. The fraction of sp³-hybridized carbons (Fsp3) is 0.238. The fourth-order valence-electron chi connectivity index (χ4n) is 3.53. The highest BCUT2D eigenvalue weighted by Gasteiger charge is 2.34. The van der Waals surface area contributed by atoms with Gasteiger partial charge in [0.05, 0.1) is 26.9 Å². The number of carbonyl (C=O) groups excluding carboxylic acids is 2. The Morgan fingerprint density at radius 1 is 0.929 bits per heavy atom. The van der Waals surface area contributed by atoms with E-state index in [2.05, 4.69) is 20.9 Å². The van der Waals surface area contributed by atoms with Gasteiger partial charge in [-0.1, -0.05) is 40.2 Å². The van der Waals surface area contributed by atoms with Gasteiger partial charge in [0.25, 0.3) is 17.4 Å². The van der Waals surface area contributed by atoms with Crippen LogP contribution in [0.4, 0.5) is 0 Å². The Hall–Kier alpha value is -2.80. The molecule has 1 aliphatic rings. The fourth-order valence-corrected chi connectivity index (χ4v) is 3.88. The average molecular weight is 440 g/mol. The predicted molar refractivity (Wildman–Crippen MR) is 110 cm³/mol. The molecular formula is C21H18BrN3O3. The van der Waals surface area contributed by atoms with E-state index in [1.165, 1.54) is 4.90 Å². The SMILES string of the molecule is C[C@H](Br)c1nc2ccccc2c(=O)n1CCCN1C(=O)c2ccccc2C1=O. The quantitative estimate of drug-likeness (QED) is 0.450. The zero-order valence-electron chi connectivity index (χ0n) is 15.3. The topological polar surface area (TPSA) is 72.3 Å². The van der Waals surface area contributed by atoms with Crippen molar-refractivity contribution in [2.75, 3.05) is 6.54 Å². The van der Waals surface area contributed by atoms with Crippen LogP contribution in [0.25, 0.3) is 10.9 Å². The minimum absolute atomic E-state index is 0.107. The van der Waals surface area contributed by atoms with E-state index in [0.717, 1.165) is 0 Å². The van der Waals surface area contributed by atoms with E-state index < -0.39 is 0 Å². The predicted octanol–water partition coefficient (Wildman–Crippen LogP) is 3.54. The molecule has 2 amide bonds. The van der Waals surface area contributed by atoms with Gasteiger partial charge in [-0.3, -0.25) is 23.9 Å². The number of hydrogen-bond donors (Lipinski definition) is 0. The van der Waals surface area contributed by atoms with Crippen molar-refractivity contribution >= 4 is 38.6 Å². The van der Waals surface area contributed by atoms with Crippen LogP contribution < -0.4 is 5.56 Å². The summed E-state index contributed by atoms with van der Waals surface area (Å²) in [5.41, 5.74) is 1.42. The molecule has 28 heavy (non-hydrogen) atoms. The third-order valence-electron chi connectivity index (χ3n) is 4.89. The van der Waals surface area contributed by atoms with E-state index in [1.54, 1.807) is 34.9 Å². The van der Waals surface area contributed by atoms with Gasteiger partial charge in [0.2, 0.25) is 0 Å². The van der Waals surface area contributed by atoms with Crippen molar-refractivity contribution in [3.8, 4) is 0 Å². The van der Waals surface area contributed by atoms with Crippen LogP contribution in [0.15, 0.2) is 53.3 Å². The Labute approximate surface area is 169 Å². The van der Waals surface area contributed by atoms with Crippen LogP contribution in [-0.4, -0.2) is 32.8 Å². The molecule has 0 saturated heterocycles. The van der Waals surface area contributed by atoms with Crippen LogP contribution in [-0.2, 0) is 6.54 Å². The number of hydrogen-bond acceptors (Lipinski definition) is 4. The third-order valence-corrected chi connectivity index (χ3v) is 5.30. The van der Waals surface area contributed by atoms with Crippen LogP contribution in [0.1, 0.15) is 44.7 Å². The van der Waals surface area contributed by atoms with Gasteiger partial charge in [0, 0.05) is 13.1 Å². The van der Waals surface area contributed by atoms with Crippen molar-refractivity contribution < 1.29 is 9.59 Å². The van der Waals surface area contributed by atoms with Crippen molar-refractivity contribution in [3.63, 3.8) is 0 Å². The molecule has 0 bridgehead atoms. The van der Waals surface area contributed by atoms with E-state index in [4.69, 9.17) is 0 Å². The Bertz CT molecular complexity index is 1120. The first kappa shape index (κ1) is 18.6. The summed E-state index contributed by atoms with van der Waals surface area (Å²) < 4.78 is 1.62. The van der Waals surface area contributed by atoms with Gasteiger partial charge in [0.1, 0.15) is 5.82 Å². The maximum atomic E-state index is 12.9. The van der Waals surface area contributed by atoms with E-state index >= 15 is 0 Å². The molecule has 0 N–H and O–H groups in total. The molecule has 0 radical (unpaired) electrons. The van der Waals surface area contributed by atoms with Crippen LogP contribution in [0.3, 0.4) is 0 Å². The Morgan fingerprint density at radius 3 is 2.18 bits per heavy atom. The first-order valence-corrected chi connectivity index (χ1v) is 9.99. The van der Waals surface area contributed by atoms with E-state index in [1.807, 2.05) is 25.1 Å². The second-order valence-corrected chi connectivity index (χ2v) is 8.09. The van der Waals surface area contributed by atoms with Gasteiger partial charge in [-0.15, -0.1) is 0 Å². The number of nitrogens with zero attached hydrogens (tertiary/aromatic N) is 3. The van der Waals surface area contributed by atoms with Crippen LogP contribution in [0.5, 0.6) is 0 Å². The zero-order chi connectivity index (χ0) is 19.8. The van der Waals surface area contributed by atoms with Crippen LogP contribution >= 0.6 is 15.9 Å². The first-order chi connectivity index (χ1) is 13.5. The molecule has 6 nitrogen and oxygen atoms in total. The molecule has 1 aliphatic heterocycles. The number of fused-ring (bicyclic) bond motifs is 2. The number of benzene rings is 2. The summed E-state index contributed by atoms with van der Waals surface area (Å²) in [6, 6.07) is 14.1. The maximum absolute atomic E-state index is 12.9. The van der Waals surface area contributed by atoms with Crippen molar-refractivity contribution in [1.82, 2.24) is 14.5 Å². The molecule has 0 aliphatic carbocycles. The molecule has 4 rings (SSSR count). The number of amides is 2. The average Bonchev–Trinajstić information content (AvgIpc) is 2.94. The second-order valence-electron chi connectivity index (χ2n) is 6.72. The number of rotatable bonds is 5. The second kappa shape index (κ2) is 7.31. The minimum atomic E-state index is -0.279. The van der Waals surface area contributed by atoms with Gasteiger partial charge < -0.3 is 0 Å². The standard InChI is InChI=1S/C21H18BrN3O3/c1-13(22)18-23-17-10-5-4-9-16(17)21(28)24(18)11-6-12-25-19(26)14-7-2-3-8-15(14)20(25)27/h2-5,7-10,13H,6,11-12H2,1H3/t13-/m0/s1. The van der Waals surface area contributed by atoms with Gasteiger partial charge in [-0.25, -0.2) is 4.98 Å². The molecule has 0 fully saturated rings. The summed E-state index contributed by atoms with van der Waals surface area (Å²) in [7, 11) is 0. The number of aromatic nitrogens is 2. The Kier molecular flexibility index (Phi) is 4.85. The van der Waals surface area contributed by atoms with Gasteiger partial charge in [-0.05, 0) is 37.6 Å². The smallest absolute Gasteiger partial charge is 0.261 e. The highest BCUT2D eigenvalue weighted by molar-refractivity contribution is 9.09. The van der Waals surface area contributed by atoms with E-state index in [9.17, 15) is 14.4 Å². The lowest BCUT2D eigenvalue weighted by molar-refractivity contribution is 0.0650. The number of para-hydroxylation sites is 1. The first-order valence-electron chi connectivity index (χ1n) is 9.08. The van der Waals surface area contributed by atoms with Crippen LogP contribution in [0, 0.1) is 0 Å². The molecule has 1 atom stereocenters. The number of halogens is 1. The normalized spacial score (nSPS) is 14.6. The van der Waals surface area contributed by atoms with Gasteiger partial charge in [-0.2, -0.15) is 0 Å². The molecule has 2 aromatic carbocycles. The van der Waals surface area contributed by atoms with Crippen molar-refractivity contribution in [2.45, 2.75) is 24.7 Å². The van der Waals surface area contributed by atoms with E-state index in [-0.39, 0.29) is 28.7 Å². The molecule has 1 aromatic heterocycles. The number of alkyl halides is 1. The highest BCUT2D eigenvalue weighted by Crippen LogP contribution is 2.23. The third kappa shape index (κ3) is 3.05. The molecule has 142 valence electrons. The molecule has 2 heterocycles. The van der Waals surface area contributed by atoms with Gasteiger partial charge in [0.15, 0.2) is 0 Å². The summed E-state index contributed by atoms with van der Waals surface area (Å²) >= 11 is 3.51. The van der Waals surface area contributed by atoms with Gasteiger partial charge >= 0.3 is 0 Å². The lowest BCUT2D eigenvalue weighted by Gasteiger charge is -2.17.